The molecule has 2 aliphatic rings. The fraction of sp³-hybridized carbons (Fsp3) is 1.00. The van der Waals surface area contributed by atoms with Gasteiger partial charge in [-0.2, -0.15) is 4.31 Å². The Morgan fingerprint density at radius 3 is 2.56 bits per heavy atom. The SMILES string of the molecule is [N-]=[N+]=NCC1CCCN1S(=O)(=O)C1CCCCC1. The maximum atomic E-state index is 12.6. The van der Waals surface area contributed by atoms with E-state index >= 15 is 0 Å². The molecule has 7 heteroatoms. The van der Waals surface area contributed by atoms with Gasteiger partial charge in [-0.25, -0.2) is 8.42 Å². The first-order chi connectivity index (χ1) is 8.66. The molecule has 2 fully saturated rings. The molecule has 1 unspecified atom stereocenters. The van der Waals surface area contributed by atoms with Crippen molar-refractivity contribution in [1.82, 2.24) is 4.31 Å². The summed E-state index contributed by atoms with van der Waals surface area (Å²) < 4.78 is 26.7. The van der Waals surface area contributed by atoms with Crippen LogP contribution in [0.25, 0.3) is 10.4 Å². The Balaban J connectivity index is 2.09. The number of rotatable bonds is 4. The molecule has 1 atom stereocenters. The first kappa shape index (κ1) is 13.6. The van der Waals surface area contributed by atoms with Crippen molar-refractivity contribution in [3.8, 4) is 0 Å². The zero-order valence-electron chi connectivity index (χ0n) is 10.5. The molecule has 0 amide bonds. The summed E-state index contributed by atoms with van der Waals surface area (Å²) in [4.78, 5) is 2.73. The largest absolute Gasteiger partial charge is 0.217 e. The molecule has 0 bridgehead atoms. The van der Waals surface area contributed by atoms with E-state index in [9.17, 15) is 8.42 Å². The van der Waals surface area contributed by atoms with Crippen molar-refractivity contribution < 1.29 is 8.42 Å². The zero-order valence-corrected chi connectivity index (χ0v) is 11.3. The lowest BCUT2D eigenvalue weighted by Gasteiger charge is -2.30. The molecule has 0 N–H and O–H groups in total. The van der Waals surface area contributed by atoms with E-state index in [1.807, 2.05) is 0 Å². The van der Waals surface area contributed by atoms with E-state index in [4.69, 9.17) is 5.53 Å². The highest BCUT2D eigenvalue weighted by molar-refractivity contribution is 7.89. The summed E-state index contributed by atoms with van der Waals surface area (Å²) in [5.74, 6) is 0. The molecule has 6 nitrogen and oxygen atoms in total. The molecule has 0 aromatic heterocycles. The summed E-state index contributed by atoms with van der Waals surface area (Å²) in [6.07, 6.45) is 6.42. The smallest absolute Gasteiger partial charge is 0.212 e. The second-order valence-electron chi connectivity index (χ2n) is 5.13. The van der Waals surface area contributed by atoms with E-state index in [2.05, 4.69) is 10.0 Å². The third-order valence-electron chi connectivity index (χ3n) is 3.98. The van der Waals surface area contributed by atoms with Crippen LogP contribution in [-0.4, -0.2) is 37.1 Å². The monoisotopic (exact) mass is 272 g/mol. The van der Waals surface area contributed by atoms with Gasteiger partial charge < -0.3 is 0 Å². The molecule has 1 saturated carbocycles. The standard InChI is InChI=1S/C11H20N4O2S/c12-14-13-9-10-5-4-8-15(10)18(16,17)11-6-2-1-3-7-11/h10-11H,1-9H2. The summed E-state index contributed by atoms with van der Waals surface area (Å²) in [5.41, 5.74) is 8.35. The van der Waals surface area contributed by atoms with Gasteiger partial charge in [0.15, 0.2) is 0 Å². The van der Waals surface area contributed by atoms with Gasteiger partial charge in [0.2, 0.25) is 10.0 Å². The van der Waals surface area contributed by atoms with Gasteiger partial charge in [-0.15, -0.1) is 0 Å². The van der Waals surface area contributed by atoms with Crippen LogP contribution in [0.5, 0.6) is 0 Å². The minimum atomic E-state index is -3.19. The summed E-state index contributed by atoms with van der Waals surface area (Å²) in [6, 6.07) is -0.118. The number of hydrogen-bond acceptors (Lipinski definition) is 3. The van der Waals surface area contributed by atoms with Crippen LogP contribution in [0.1, 0.15) is 44.9 Å². The lowest BCUT2D eigenvalue weighted by Crippen LogP contribution is -2.43. The average molecular weight is 272 g/mol. The molecule has 18 heavy (non-hydrogen) atoms. The molecule has 0 radical (unpaired) electrons. The summed E-state index contributed by atoms with van der Waals surface area (Å²) in [6.45, 7) is 0.854. The van der Waals surface area contributed by atoms with E-state index < -0.39 is 10.0 Å². The van der Waals surface area contributed by atoms with E-state index in [0.29, 0.717) is 6.54 Å². The van der Waals surface area contributed by atoms with Crippen LogP contribution in [0.3, 0.4) is 0 Å². The van der Waals surface area contributed by atoms with Crippen LogP contribution in [0, 0.1) is 0 Å². The minimum Gasteiger partial charge on any atom is -0.212 e. The van der Waals surface area contributed by atoms with Crippen LogP contribution in [0.15, 0.2) is 5.11 Å². The molecule has 1 saturated heterocycles. The topological polar surface area (TPSA) is 86.1 Å². The van der Waals surface area contributed by atoms with Gasteiger partial charge >= 0.3 is 0 Å². The van der Waals surface area contributed by atoms with E-state index in [1.54, 1.807) is 4.31 Å². The quantitative estimate of drug-likeness (QED) is 0.447. The highest BCUT2D eigenvalue weighted by atomic mass is 32.2. The maximum Gasteiger partial charge on any atom is 0.217 e. The van der Waals surface area contributed by atoms with Gasteiger partial charge in [0.25, 0.3) is 0 Å². The summed E-state index contributed by atoms with van der Waals surface area (Å²) in [5, 5.41) is 3.33. The lowest BCUT2D eigenvalue weighted by molar-refractivity contribution is 0.372. The second kappa shape index (κ2) is 5.91. The second-order valence-corrected chi connectivity index (χ2v) is 7.29. The van der Waals surface area contributed by atoms with Crippen molar-refractivity contribution in [3.05, 3.63) is 10.4 Å². The van der Waals surface area contributed by atoms with Crippen molar-refractivity contribution in [3.63, 3.8) is 0 Å². The van der Waals surface area contributed by atoms with Crippen molar-refractivity contribution in [2.45, 2.75) is 56.2 Å². The Labute approximate surface area is 108 Å². The van der Waals surface area contributed by atoms with Gasteiger partial charge in [-0.1, -0.05) is 24.4 Å². The van der Waals surface area contributed by atoms with Crippen molar-refractivity contribution in [2.75, 3.05) is 13.1 Å². The summed E-state index contributed by atoms with van der Waals surface area (Å²) in [7, 11) is -3.19. The Kier molecular flexibility index (Phi) is 4.48. The molecular weight excluding hydrogens is 252 g/mol. The average Bonchev–Trinajstić information content (AvgIpc) is 2.86. The predicted octanol–water partition coefficient (Wildman–Crippen LogP) is 2.42. The molecule has 0 spiro atoms. The van der Waals surface area contributed by atoms with Crippen LogP contribution >= 0.6 is 0 Å². The first-order valence-corrected chi connectivity index (χ1v) is 8.18. The number of hydrogen-bond donors (Lipinski definition) is 0. The van der Waals surface area contributed by atoms with Gasteiger partial charge in [-0.05, 0) is 31.2 Å². The number of sulfonamides is 1. The van der Waals surface area contributed by atoms with Crippen molar-refractivity contribution >= 4 is 10.0 Å². The van der Waals surface area contributed by atoms with Crippen LogP contribution in [0.4, 0.5) is 0 Å². The van der Waals surface area contributed by atoms with E-state index in [0.717, 1.165) is 44.9 Å². The molecule has 1 aliphatic carbocycles. The van der Waals surface area contributed by atoms with Crippen LogP contribution in [-0.2, 0) is 10.0 Å². The lowest BCUT2D eigenvalue weighted by atomic mass is 10.0. The van der Waals surface area contributed by atoms with E-state index in [-0.39, 0.29) is 17.8 Å². The summed E-state index contributed by atoms with van der Waals surface area (Å²) >= 11 is 0. The Morgan fingerprint density at radius 1 is 1.17 bits per heavy atom. The number of nitrogens with zero attached hydrogens (tertiary/aromatic N) is 4. The Hall–Kier alpha value is -0.780. The molecule has 0 aromatic carbocycles. The Bertz CT molecular complexity index is 424. The van der Waals surface area contributed by atoms with Crippen molar-refractivity contribution in [2.24, 2.45) is 5.11 Å². The van der Waals surface area contributed by atoms with Gasteiger partial charge in [0.1, 0.15) is 0 Å². The molecular formula is C11H20N4O2S. The molecule has 102 valence electrons. The van der Waals surface area contributed by atoms with Crippen molar-refractivity contribution in [1.29, 1.82) is 0 Å². The number of azide groups is 1. The van der Waals surface area contributed by atoms with Crippen LogP contribution in [0.2, 0.25) is 0 Å². The minimum absolute atomic E-state index is 0.118. The predicted molar refractivity (Wildman–Crippen MR) is 69.5 cm³/mol. The fourth-order valence-corrected chi connectivity index (χ4v) is 5.30. The van der Waals surface area contributed by atoms with E-state index in [1.165, 1.54) is 0 Å². The molecule has 2 rings (SSSR count). The fourth-order valence-electron chi connectivity index (χ4n) is 3.01. The molecule has 1 heterocycles. The van der Waals surface area contributed by atoms with Gasteiger partial charge in [0.05, 0.1) is 5.25 Å². The zero-order chi connectivity index (χ0) is 13.0. The maximum absolute atomic E-state index is 12.6. The molecule has 0 aromatic rings. The van der Waals surface area contributed by atoms with Gasteiger partial charge in [0, 0.05) is 24.0 Å². The third-order valence-corrected chi connectivity index (χ3v) is 6.43. The van der Waals surface area contributed by atoms with Crippen LogP contribution < -0.4 is 0 Å². The highest BCUT2D eigenvalue weighted by Gasteiger charge is 2.39. The third kappa shape index (κ3) is 2.79. The first-order valence-electron chi connectivity index (χ1n) is 6.68. The van der Waals surface area contributed by atoms with Gasteiger partial charge in [-0.3, -0.25) is 0 Å². The molecule has 1 aliphatic heterocycles. The normalized spacial score (nSPS) is 27.0. The highest BCUT2D eigenvalue weighted by Crippen LogP contribution is 2.30. The Morgan fingerprint density at radius 2 is 1.89 bits per heavy atom.